The molecule has 0 fully saturated rings. The Morgan fingerprint density at radius 3 is 2.09 bits per heavy atom. The van der Waals surface area contributed by atoms with Gasteiger partial charge in [0.05, 0.1) is 0 Å². The highest BCUT2D eigenvalue weighted by Gasteiger charge is 2.37. The van der Waals surface area contributed by atoms with Gasteiger partial charge in [0.25, 0.3) is 0 Å². The van der Waals surface area contributed by atoms with E-state index in [0.29, 0.717) is 41.5 Å². The second-order valence-corrected chi connectivity index (χ2v) is 6.41. The van der Waals surface area contributed by atoms with E-state index in [1.807, 2.05) is 36.4 Å². The van der Waals surface area contributed by atoms with E-state index in [0.717, 1.165) is 10.8 Å². The van der Waals surface area contributed by atoms with Crippen LogP contribution in [0.3, 0.4) is 0 Å². The lowest BCUT2D eigenvalue weighted by Crippen LogP contribution is -2.29. The lowest BCUT2D eigenvalue weighted by Gasteiger charge is -2.28. The first-order valence-corrected chi connectivity index (χ1v) is 7.91. The minimum atomic E-state index is -0.132. The van der Waals surface area contributed by atoms with Crippen LogP contribution in [0.15, 0.2) is 47.5 Å². The maximum absolute atomic E-state index is 12.9. The van der Waals surface area contributed by atoms with E-state index in [9.17, 15) is 14.4 Å². The molecule has 0 saturated carbocycles. The third-order valence-corrected chi connectivity index (χ3v) is 5.06. The van der Waals surface area contributed by atoms with Crippen LogP contribution in [0.5, 0.6) is 0 Å². The van der Waals surface area contributed by atoms with Crippen molar-refractivity contribution in [2.45, 2.75) is 26.2 Å². The van der Waals surface area contributed by atoms with E-state index in [2.05, 4.69) is 0 Å². The number of fused-ring (bicyclic) bond motifs is 2. The zero-order valence-corrected chi connectivity index (χ0v) is 12.9. The second kappa shape index (κ2) is 4.98. The molecule has 0 bridgehead atoms. The van der Waals surface area contributed by atoms with Gasteiger partial charge < -0.3 is 0 Å². The Hall–Kier alpha value is -2.55. The summed E-state index contributed by atoms with van der Waals surface area (Å²) in [5.74, 6) is -0.151. The number of ketones is 3. The average Bonchev–Trinajstić information content (AvgIpc) is 2.58. The molecule has 4 rings (SSSR count). The van der Waals surface area contributed by atoms with Crippen molar-refractivity contribution in [3.05, 3.63) is 58.7 Å². The van der Waals surface area contributed by atoms with Crippen LogP contribution in [0.4, 0.5) is 0 Å². The zero-order chi connectivity index (χ0) is 16.1. The molecular formula is C20H16O3. The fourth-order valence-corrected chi connectivity index (χ4v) is 3.71. The Morgan fingerprint density at radius 1 is 0.957 bits per heavy atom. The molecule has 2 aliphatic carbocycles. The van der Waals surface area contributed by atoms with Crippen LogP contribution in [0.2, 0.25) is 0 Å². The van der Waals surface area contributed by atoms with E-state index in [-0.39, 0.29) is 23.3 Å². The number of rotatable bonds is 1. The first kappa shape index (κ1) is 14.1. The van der Waals surface area contributed by atoms with E-state index in [1.165, 1.54) is 0 Å². The summed E-state index contributed by atoms with van der Waals surface area (Å²) in [5, 5.41) is 1.92. The molecule has 0 N–H and O–H groups in total. The van der Waals surface area contributed by atoms with Gasteiger partial charge in [0.2, 0.25) is 0 Å². The molecule has 0 amide bonds. The summed E-state index contributed by atoms with van der Waals surface area (Å²) in [4.78, 5) is 37.4. The molecule has 0 radical (unpaired) electrons. The molecule has 2 aromatic rings. The van der Waals surface area contributed by atoms with Crippen molar-refractivity contribution in [1.29, 1.82) is 0 Å². The van der Waals surface area contributed by atoms with Crippen LogP contribution in [0.1, 0.15) is 46.9 Å². The minimum absolute atomic E-state index is 0.0395. The van der Waals surface area contributed by atoms with Crippen molar-refractivity contribution in [3.8, 4) is 0 Å². The Bertz CT molecular complexity index is 918. The zero-order valence-electron chi connectivity index (χ0n) is 12.9. The number of benzene rings is 2. The van der Waals surface area contributed by atoms with E-state index >= 15 is 0 Å². The van der Waals surface area contributed by atoms with Crippen molar-refractivity contribution >= 4 is 28.1 Å². The molecule has 114 valence electrons. The largest absolute Gasteiger partial charge is 0.300 e. The molecule has 0 spiro atoms. The predicted molar refractivity (Wildman–Crippen MR) is 87.7 cm³/mol. The highest BCUT2D eigenvalue weighted by molar-refractivity contribution is 6.28. The summed E-state index contributed by atoms with van der Waals surface area (Å²) in [6.07, 6.45) is 1.59. The van der Waals surface area contributed by atoms with Gasteiger partial charge in [-0.3, -0.25) is 14.4 Å². The number of carbonyl (C=O) groups is 3. The second-order valence-electron chi connectivity index (χ2n) is 6.41. The summed E-state index contributed by atoms with van der Waals surface area (Å²) in [6, 6.07) is 11.4. The van der Waals surface area contributed by atoms with Gasteiger partial charge in [0, 0.05) is 28.2 Å². The number of allylic oxidation sites excluding steroid dienone is 2. The fraction of sp³-hybridized carbons (Fsp3) is 0.250. The van der Waals surface area contributed by atoms with Crippen molar-refractivity contribution in [2.24, 2.45) is 5.92 Å². The quantitative estimate of drug-likeness (QED) is 0.802. The van der Waals surface area contributed by atoms with Crippen LogP contribution in [0, 0.1) is 5.92 Å². The summed E-state index contributed by atoms with van der Waals surface area (Å²) in [7, 11) is 0. The van der Waals surface area contributed by atoms with E-state index in [4.69, 9.17) is 0 Å². The number of carbonyl (C=O) groups excluding carboxylic acids is 3. The third-order valence-electron chi connectivity index (χ3n) is 5.06. The molecule has 1 atom stereocenters. The summed E-state index contributed by atoms with van der Waals surface area (Å²) in [6.45, 7) is 1.56. The molecule has 0 aromatic heterocycles. The third kappa shape index (κ3) is 2.07. The molecule has 2 aromatic carbocycles. The predicted octanol–water partition coefficient (Wildman–Crippen LogP) is 3.90. The number of hydrogen-bond acceptors (Lipinski definition) is 3. The average molecular weight is 304 g/mol. The highest BCUT2D eigenvalue weighted by Crippen LogP contribution is 2.39. The first-order valence-electron chi connectivity index (χ1n) is 7.91. The molecule has 23 heavy (non-hydrogen) atoms. The molecule has 3 heteroatoms. The van der Waals surface area contributed by atoms with Gasteiger partial charge in [0.1, 0.15) is 5.78 Å². The van der Waals surface area contributed by atoms with E-state index < -0.39 is 0 Å². The Balaban J connectivity index is 1.88. The SMILES string of the molecule is CC(=O)C1CCC2=C(C1)C(=O)c1cc3ccccc3cc1C2=O. The molecule has 0 aliphatic heterocycles. The van der Waals surface area contributed by atoms with Crippen molar-refractivity contribution in [3.63, 3.8) is 0 Å². The Labute approximate surface area is 134 Å². The van der Waals surface area contributed by atoms with Gasteiger partial charge in [-0.25, -0.2) is 0 Å². The number of hydrogen-bond donors (Lipinski definition) is 0. The Kier molecular flexibility index (Phi) is 3.05. The molecule has 3 nitrogen and oxygen atoms in total. The van der Waals surface area contributed by atoms with Crippen LogP contribution < -0.4 is 0 Å². The maximum atomic E-state index is 12.9. The molecule has 1 unspecified atom stereocenters. The summed E-state index contributed by atoms with van der Waals surface area (Å²) in [5.41, 5.74) is 2.17. The lowest BCUT2D eigenvalue weighted by molar-refractivity contribution is -0.121. The molecule has 0 heterocycles. The maximum Gasteiger partial charge on any atom is 0.190 e. The topological polar surface area (TPSA) is 51.2 Å². The normalized spacial score (nSPS) is 20.5. The van der Waals surface area contributed by atoms with Gasteiger partial charge in [-0.05, 0) is 49.1 Å². The van der Waals surface area contributed by atoms with Crippen LogP contribution in [0.25, 0.3) is 10.8 Å². The smallest absolute Gasteiger partial charge is 0.190 e. The van der Waals surface area contributed by atoms with Gasteiger partial charge in [-0.15, -0.1) is 0 Å². The van der Waals surface area contributed by atoms with Gasteiger partial charge in [0.15, 0.2) is 11.6 Å². The van der Waals surface area contributed by atoms with E-state index in [1.54, 1.807) is 6.92 Å². The highest BCUT2D eigenvalue weighted by atomic mass is 16.1. The summed E-state index contributed by atoms with van der Waals surface area (Å²) >= 11 is 0. The standard InChI is InChI=1S/C20H16O3/c1-11(21)12-6-7-15-16(8-12)20(23)18-10-14-5-3-2-4-13(14)9-17(18)19(15)22/h2-5,9-10,12H,6-8H2,1H3. The fourth-order valence-electron chi connectivity index (χ4n) is 3.71. The summed E-state index contributed by atoms with van der Waals surface area (Å²) < 4.78 is 0. The number of Topliss-reactive ketones (excluding diaryl/α,β-unsaturated/α-hetero) is 3. The van der Waals surface area contributed by atoms with Crippen LogP contribution in [-0.2, 0) is 4.79 Å². The van der Waals surface area contributed by atoms with Gasteiger partial charge in [-0.2, -0.15) is 0 Å². The first-order chi connectivity index (χ1) is 11.1. The van der Waals surface area contributed by atoms with Crippen molar-refractivity contribution < 1.29 is 14.4 Å². The van der Waals surface area contributed by atoms with Gasteiger partial charge >= 0.3 is 0 Å². The van der Waals surface area contributed by atoms with Crippen LogP contribution >= 0.6 is 0 Å². The lowest BCUT2D eigenvalue weighted by atomic mass is 9.73. The van der Waals surface area contributed by atoms with Crippen LogP contribution in [-0.4, -0.2) is 17.3 Å². The Morgan fingerprint density at radius 2 is 1.52 bits per heavy atom. The molecule has 0 saturated heterocycles. The monoisotopic (exact) mass is 304 g/mol. The van der Waals surface area contributed by atoms with Crippen molar-refractivity contribution in [1.82, 2.24) is 0 Å². The minimum Gasteiger partial charge on any atom is -0.300 e. The van der Waals surface area contributed by atoms with Gasteiger partial charge in [-0.1, -0.05) is 24.3 Å². The molecular weight excluding hydrogens is 288 g/mol. The van der Waals surface area contributed by atoms with Crippen molar-refractivity contribution in [2.75, 3.05) is 0 Å². The molecule has 2 aliphatic rings.